The summed E-state index contributed by atoms with van der Waals surface area (Å²) in [5.41, 5.74) is 2.27. The first-order valence-electron chi connectivity index (χ1n) is 6.89. The van der Waals surface area contributed by atoms with Gasteiger partial charge in [-0.3, -0.25) is 4.90 Å². The first-order chi connectivity index (χ1) is 8.76. The summed E-state index contributed by atoms with van der Waals surface area (Å²) >= 11 is 0. The number of aliphatic hydroxyl groups is 2. The minimum atomic E-state index is -0.0875. The molecule has 1 aromatic carbocycles. The van der Waals surface area contributed by atoms with Gasteiger partial charge in [-0.15, -0.1) is 0 Å². The summed E-state index contributed by atoms with van der Waals surface area (Å²) in [4.78, 5) is 2.56. The van der Waals surface area contributed by atoms with Gasteiger partial charge in [0.25, 0.3) is 0 Å². The second-order valence-corrected chi connectivity index (χ2v) is 5.66. The maximum Gasteiger partial charge on any atom is 0.0681 e. The molecule has 2 atom stereocenters. The van der Waals surface area contributed by atoms with E-state index in [1.807, 2.05) is 12.1 Å². The van der Waals surface area contributed by atoms with Crippen molar-refractivity contribution < 1.29 is 10.2 Å². The second-order valence-electron chi connectivity index (χ2n) is 5.66. The molecule has 3 nitrogen and oxygen atoms in total. The van der Waals surface area contributed by atoms with Crippen LogP contribution in [0.15, 0.2) is 24.3 Å². The Balaban J connectivity index is 1.69. The molecule has 2 unspecified atom stereocenters. The number of hydrogen-bond acceptors (Lipinski definition) is 3. The highest BCUT2D eigenvalue weighted by Crippen LogP contribution is 2.36. The molecule has 2 fully saturated rings. The van der Waals surface area contributed by atoms with Crippen LogP contribution in [0.25, 0.3) is 0 Å². The molecule has 2 N–H and O–H groups in total. The van der Waals surface area contributed by atoms with E-state index in [-0.39, 0.29) is 12.7 Å². The molecular formula is C15H21NO2. The van der Waals surface area contributed by atoms with Crippen LogP contribution >= 0.6 is 0 Å². The minimum absolute atomic E-state index is 0.0875. The number of piperidine rings is 1. The Hall–Kier alpha value is -0.900. The molecule has 2 heterocycles. The van der Waals surface area contributed by atoms with Gasteiger partial charge in [0.05, 0.1) is 12.7 Å². The zero-order valence-corrected chi connectivity index (χ0v) is 10.6. The third-order valence-corrected chi connectivity index (χ3v) is 4.43. The Morgan fingerprint density at radius 1 is 1.00 bits per heavy atom. The molecule has 2 aliphatic rings. The molecule has 0 aromatic heterocycles. The number of nitrogens with zero attached hydrogens (tertiary/aromatic N) is 1. The fourth-order valence-corrected chi connectivity index (χ4v) is 3.46. The van der Waals surface area contributed by atoms with Crippen LogP contribution in [-0.2, 0) is 13.2 Å². The molecule has 2 aliphatic heterocycles. The van der Waals surface area contributed by atoms with E-state index in [1.165, 1.54) is 18.4 Å². The van der Waals surface area contributed by atoms with E-state index >= 15 is 0 Å². The molecule has 98 valence electrons. The largest absolute Gasteiger partial charge is 0.393 e. The van der Waals surface area contributed by atoms with Gasteiger partial charge >= 0.3 is 0 Å². The van der Waals surface area contributed by atoms with Crippen molar-refractivity contribution in [3.05, 3.63) is 35.4 Å². The van der Waals surface area contributed by atoms with Gasteiger partial charge in [0.1, 0.15) is 0 Å². The summed E-state index contributed by atoms with van der Waals surface area (Å²) in [5, 5.41) is 18.8. The summed E-state index contributed by atoms with van der Waals surface area (Å²) in [6.45, 7) is 1.09. The summed E-state index contributed by atoms with van der Waals surface area (Å²) in [6, 6.07) is 9.34. The van der Waals surface area contributed by atoms with Gasteiger partial charge in [-0.25, -0.2) is 0 Å². The van der Waals surface area contributed by atoms with E-state index in [0.29, 0.717) is 12.1 Å². The van der Waals surface area contributed by atoms with Gasteiger partial charge in [-0.1, -0.05) is 24.3 Å². The van der Waals surface area contributed by atoms with E-state index in [0.717, 1.165) is 24.9 Å². The van der Waals surface area contributed by atoms with Crippen LogP contribution in [0.2, 0.25) is 0 Å². The molecule has 2 saturated heterocycles. The maximum atomic E-state index is 9.79. The highest BCUT2D eigenvalue weighted by molar-refractivity contribution is 5.22. The highest BCUT2D eigenvalue weighted by atomic mass is 16.3. The summed E-state index contributed by atoms with van der Waals surface area (Å²) in [5.74, 6) is 0. The molecule has 2 bridgehead atoms. The van der Waals surface area contributed by atoms with Crippen molar-refractivity contribution in [3.8, 4) is 0 Å². The zero-order valence-electron chi connectivity index (χ0n) is 10.6. The molecule has 18 heavy (non-hydrogen) atoms. The predicted octanol–water partition coefficient (Wildman–Crippen LogP) is 1.67. The molecule has 0 amide bonds. The zero-order chi connectivity index (χ0) is 12.5. The van der Waals surface area contributed by atoms with Crippen LogP contribution < -0.4 is 0 Å². The van der Waals surface area contributed by atoms with Crippen molar-refractivity contribution in [2.45, 2.75) is 57.0 Å². The van der Waals surface area contributed by atoms with E-state index in [1.54, 1.807) is 0 Å². The van der Waals surface area contributed by atoms with Crippen LogP contribution in [0, 0.1) is 0 Å². The lowest BCUT2D eigenvalue weighted by atomic mass is 9.99. The van der Waals surface area contributed by atoms with E-state index in [2.05, 4.69) is 17.0 Å². The molecule has 0 spiro atoms. The quantitative estimate of drug-likeness (QED) is 0.854. The van der Waals surface area contributed by atoms with E-state index in [4.69, 9.17) is 5.11 Å². The normalized spacial score (nSPS) is 31.8. The van der Waals surface area contributed by atoms with Crippen LogP contribution in [0.5, 0.6) is 0 Å². The highest BCUT2D eigenvalue weighted by Gasteiger charge is 2.39. The number of benzene rings is 1. The van der Waals surface area contributed by atoms with Crippen molar-refractivity contribution in [2.75, 3.05) is 0 Å². The van der Waals surface area contributed by atoms with Crippen LogP contribution in [0.1, 0.15) is 36.8 Å². The summed E-state index contributed by atoms with van der Waals surface area (Å²) < 4.78 is 0. The molecule has 0 radical (unpaired) electrons. The number of fused-ring (bicyclic) bond motifs is 2. The smallest absolute Gasteiger partial charge is 0.0681 e. The molecular weight excluding hydrogens is 226 g/mol. The lowest BCUT2D eigenvalue weighted by molar-refractivity contribution is 0.0310. The second kappa shape index (κ2) is 5.00. The number of aliphatic hydroxyl groups excluding tert-OH is 2. The van der Waals surface area contributed by atoms with Gasteiger partial charge in [0, 0.05) is 18.6 Å². The Morgan fingerprint density at radius 2 is 1.56 bits per heavy atom. The first-order valence-corrected chi connectivity index (χ1v) is 6.89. The Labute approximate surface area is 108 Å². The van der Waals surface area contributed by atoms with Crippen LogP contribution in [0.4, 0.5) is 0 Å². The van der Waals surface area contributed by atoms with Gasteiger partial charge < -0.3 is 10.2 Å². The lowest BCUT2D eigenvalue weighted by Crippen LogP contribution is -2.44. The van der Waals surface area contributed by atoms with Crippen molar-refractivity contribution in [3.63, 3.8) is 0 Å². The standard InChI is InChI=1S/C15H21NO2/c17-10-12-3-1-11(2-4-12)9-16-13-5-6-14(16)8-15(18)7-13/h1-4,13-15,17-18H,5-10H2. The van der Waals surface area contributed by atoms with Gasteiger partial charge in [0.15, 0.2) is 0 Å². The average Bonchev–Trinajstić information content (AvgIpc) is 2.62. The van der Waals surface area contributed by atoms with E-state index < -0.39 is 0 Å². The summed E-state index contributed by atoms with van der Waals surface area (Å²) in [6.07, 6.45) is 4.25. The Morgan fingerprint density at radius 3 is 2.11 bits per heavy atom. The minimum Gasteiger partial charge on any atom is -0.393 e. The van der Waals surface area contributed by atoms with Crippen molar-refractivity contribution >= 4 is 0 Å². The molecule has 0 aliphatic carbocycles. The third-order valence-electron chi connectivity index (χ3n) is 4.43. The first kappa shape index (κ1) is 12.2. The number of hydrogen-bond donors (Lipinski definition) is 2. The van der Waals surface area contributed by atoms with Crippen molar-refractivity contribution in [2.24, 2.45) is 0 Å². The van der Waals surface area contributed by atoms with Crippen molar-refractivity contribution in [1.29, 1.82) is 0 Å². The fraction of sp³-hybridized carbons (Fsp3) is 0.600. The Kier molecular flexibility index (Phi) is 3.37. The third kappa shape index (κ3) is 2.30. The Bertz CT molecular complexity index is 389. The lowest BCUT2D eigenvalue weighted by Gasteiger charge is -2.37. The summed E-state index contributed by atoms with van der Waals surface area (Å²) in [7, 11) is 0. The monoisotopic (exact) mass is 247 g/mol. The SMILES string of the molecule is OCc1ccc(CN2C3CCC2CC(O)C3)cc1. The van der Waals surface area contributed by atoms with E-state index in [9.17, 15) is 5.11 Å². The van der Waals surface area contributed by atoms with Gasteiger partial charge in [0.2, 0.25) is 0 Å². The van der Waals surface area contributed by atoms with Crippen molar-refractivity contribution in [1.82, 2.24) is 4.90 Å². The molecule has 3 rings (SSSR count). The van der Waals surface area contributed by atoms with Crippen LogP contribution in [0.3, 0.4) is 0 Å². The number of rotatable bonds is 3. The molecule has 3 heteroatoms. The van der Waals surface area contributed by atoms with Crippen LogP contribution in [-0.4, -0.2) is 33.3 Å². The maximum absolute atomic E-state index is 9.79. The van der Waals surface area contributed by atoms with Gasteiger partial charge in [-0.2, -0.15) is 0 Å². The van der Waals surface area contributed by atoms with Gasteiger partial charge in [-0.05, 0) is 36.8 Å². The predicted molar refractivity (Wildman–Crippen MR) is 70.0 cm³/mol. The molecule has 1 aromatic rings. The fourth-order valence-electron chi connectivity index (χ4n) is 3.46. The molecule has 0 saturated carbocycles. The topological polar surface area (TPSA) is 43.7 Å². The average molecular weight is 247 g/mol.